The number of halogens is 1. The monoisotopic (exact) mass is 370 g/mol. The van der Waals surface area contributed by atoms with Crippen LogP contribution in [-0.2, 0) is 0 Å². The fraction of sp³-hybridized carbons (Fsp3) is 0.238. The molecular formula is C21H19ClO4. The molecule has 0 aromatic heterocycles. The van der Waals surface area contributed by atoms with Crippen molar-refractivity contribution in [1.82, 2.24) is 0 Å². The van der Waals surface area contributed by atoms with Gasteiger partial charge in [0.2, 0.25) is 6.79 Å². The molecule has 0 unspecified atom stereocenters. The van der Waals surface area contributed by atoms with E-state index in [1.807, 2.05) is 37.3 Å². The van der Waals surface area contributed by atoms with E-state index in [1.165, 1.54) is 0 Å². The largest absolute Gasteiger partial charge is 0.493 e. The van der Waals surface area contributed by atoms with Gasteiger partial charge < -0.3 is 18.9 Å². The Balaban J connectivity index is 2.07. The molecule has 4 rings (SSSR count). The van der Waals surface area contributed by atoms with Gasteiger partial charge in [0.1, 0.15) is 0 Å². The highest BCUT2D eigenvalue weighted by atomic mass is 35.5. The highest BCUT2D eigenvalue weighted by Crippen LogP contribution is 2.45. The maximum atomic E-state index is 6.67. The zero-order valence-electron chi connectivity index (χ0n) is 15.1. The first-order valence-corrected chi connectivity index (χ1v) is 8.67. The van der Waals surface area contributed by atoms with Gasteiger partial charge in [0.25, 0.3) is 0 Å². The minimum Gasteiger partial charge on any atom is -0.493 e. The number of hydrogen-bond acceptors (Lipinski definition) is 4. The second kappa shape index (κ2) is 6.29. The Hall–Kier alpha value is -2.59. The molecule has 0 bridgehead atoms. The van der Waals surface area contributed by atoms with E-state index in [1.54, 1.807) is 14.2 Å². The SMILES string of the molecule is COc1cc2c(Cl)c(C)c(C)c(-c3ccc4c(c3)OCO4)c2cc1OC. The van der Waals surface area contributed by atoms with Crippen LogP contribution in [0.3, 0.4) is 0 Å². The molecule has 134 valence electrons. The van der Waals surface area contributed by atoms with E-state index >= 15 is 0 Å². The molecule has 4 nitrogen and oxygen atoms in total. The van der Waals surface area contributed by atoms with E-state index in [2.05, 4.69) is 6.92 Å². The number of benzene rings is 3. The molecule has 0 spiro atoms. The first-order chi connectivity index (χ1) is 12.5. The van der Waals surface area contributed by atoms with E-state index in [-0.39, 0.29) is 6.79 Å². The van der Waals surface area contributed by atoms with E-state index in [4.69, 9.17) is 30.5 Å². The molecule has 3 aromatic carbocycles. The van der Waals surface area contributed by atoms with Crippen molar-refractivity contribution in [1.29, 1.82) is 0 Å². The van der Waals surface area contributed by atoms with E-state index in [0.29, 0.717) is 11.5 Å². The highest BCUT2D eigenvalue weighted by molar-refractivity contribution is 6.37. The molecule has 3 aromatic rings. The van der Waals surface area contributed by atoms with Gasteiger partial charge in [0.05, 0.1) is 19.2 Å². The molecule has 5 heteroatoms. The topological polar surface area (TPSA) is 36.9 Å². The van der Waals surface area contributed by atoms with Crippen molar-refractivity contribution in [2.45, 2.75) is 13.8 Å². The molecule has 0 atom stereocenters. The van der Waals surface area contributed by atoms with Gasteiger partial charge >= 0.3 is 0 Å². The first kappa shape index (κ1) is 16.9. The lowest BCUT2D eigenvalue weighted by Gasteiger charge is -2.18. The van der Waals surface area contributed by atoms with Crippen LogP contribution < -0.4 is 18.9 Å². The quantitative estimate of drug-likeness (QED) is 0.608. The number of hydrogen-bond donors (Lipinski definition) is 0. The molecule has 26 heavy (non-hydrogen) atoms. The average Bonchev–Trinajstić information content (AvgIpc) is 3.13. The van der Waals surface area contributed by atoms with Crippen molar-refractivity contribution in [3.63, 3.8) is 0 Å². The van der Waals surface area contributed by atoms with Gasteiger partial charge in [0.15, 0.2) is 23.0 Å². The summed E-state index contributed by atoms with van der Waals surface area (Å²) in [5, 5.41) is 2.66. The summed E-state index contributed by atoms with van der Waals surface area (Å²) in [5.74, 6) is 2.84. The standard InChI is InChI=1S/C21H19ClO4/c1-11-12(2)21(22)15-9-18(24-4)17(23-3)8-14(15)20(11)13-5-6-16-19(7-13)26-10-25-16/h5-9H,10H2,1-4H3. The molecule has 0 fully saturated rings. The molecule has 0 radical (unpaired) electrons. The van der Waals surface area contributed by atoms with Gasteiger partial charge in [-0.3, -0.25) is 0 Å². The molecule has 1 heterocycles. The summed E-state index contributed by atoms with van der Waals surface area (Å²) in [6.07, 6.45) is 0. The number of methoxy groups -OCH3 is 2. The molecule has 0 saturated carbocycles. The van der Waals surface area contributed by atoms with Crippen LogP contribution >= 0.6 is 11.6 Å². The minimum absolute atomic E-state index is 0.253. The molecular weight excluding hydrogens is 352 g/mol. The fourth-order valence-corrected chi connectivity index (χ4v) is 3.75. The number of fused-ring (bicyclic) bond motifs is 2. The van der Waals surface area contributed by atoms with E-state index in [9.17, 15) is 0 Å². The Morgan fingerprint density at radius 3 is 2.19 bits per heavy atom. The average molecular weight is 371 g/mol. The normalized spacial score (nSPS) is 12.5. The lowest BCUT2D eigenvalue weighted by molar-refractivity contribution is 0.174. The third kappa shape index (κ3) is 2.44. The van der Waals surface area contributed by atoms with Crippen molar-refractivity contribution < 1.29 is 18.9 Å². The third-order valence-corrected chi connectivity index (χ3v) is 5.44. The van der Waals surface area contributed by atoms with Crippen LogP contribution in [0.5, 0.6) is 23.0 Å². The lowest BCUT2D eigenvalue weighted by Crippen LogP contribution is -1.96. The van der Waals surface area contributed by atoms with Gasteiger partial charge in [0, 0.05) is 5.39 Å². The zero-order valence-corrected chi connectivity index (χ0v) is 15.9. The molecule has 0 saturated heterocycles. The highest BCUT2D eigenvalue weighted by Gasteiger charge is 2.20. The summed E-state index contributed by atoms with van der Waals surface area (Å²) in [5.41, 5.74) is 4.30. The van der Waals surface area contributed by atoms with Crippen molar-refractivity contribution in [3.8, 4) is 34.1 Å². The van der Waals surface area contributed by atoms with Gasteiger partial charge in [-0.25, -0.2) is 0 Å². The van der Waals surface area contributed by atoms with Crippen LogP contribution in [0.2, 0.25) is 5.02 Å². The van der Waals surface area contributed by atoms with Crippen LogP contribution in [-0.4, -0.2) is 21.0 Å². The second-order valence-corrected chi connectivity index (χ2v) is 6.64. The van der Waals surface area contributed by atoms with Crippen molar-refractivity contribution in [2.75, 3.05) is 21.0 Å². The van der Waals surface area contributed by atoms with Gasteiger partial charge in [-0.2, -0.15) is 0 Å². The fourth-order valence-electron chi connectivity index (χ4n) is 3.45. The van der Waals surface area contributed by atoms with Gasteiger partial charge in [-0.15, -0.1) is 0 Å². The Bertz CT molecular complexity index is 1030. The van der Waals surface area contributed by atoms with Crippen LogP contribution in [0.15, 0.2) is 30.3 Å². The van der Waals surface area contributed by atoms with E-state index in [0.717, 1.165) is 49.5 Å². The van der Waals surface area contributed by atoms with Crippen LogP contribution in [0, 0.1) is 13.8 Å². The Kier molecular flexibility index (Phi) is 4.08. The molecule has 1 aliphatic rings. The Labute approximate surface area is 157 Å². The molecule has 0 amide bonds. The maximum Gasteiger partial charge on any atom is 0.231 e. The predicted molar refractivity (Wildman–Crippen MR) is 103 cm³/mol. The maximum absolute atomic E-state index is 6.67. The molecule has 0 N–H and O–H groups in total. The van der Waals surface area contributed by atoms with Crippen LogP contribution in [0.1, 0.15) is 11.1 Å². The Morgan fingerprint density at radius 1 is 0.846 bits per heavy atom. The number of ether oxygens (including phenoxy) is 4. The Morgan fingerprint density at radius 2 is 1.50 bits per heavy atom. The summed E-state index contributed by atoms with van der Waals surface area (Å²) in [6.45, 7) is 4.37. The van der Waals surface area contributed by atoms with Crippen molar-refractivity contribution >= 4 is 22.4 Å². The lowest BCUT2D eigenvalue weighted by atomic mass is 9.90. The molecule has 0 aliphatic carbocycles. The summed E-state index contributed by atoms with van der Waals surface area (Å²) < 4.78 is 22.0. The summed E-state index contributed by atoms with van der Waals surface area (Å²) >= 11 is 6.67. The summed E-state index contributed by atoms with van der Waals surface area (Å²) in [7, 11) is 3.25. The first-order valence-electron chi connectivity index (χ1n) is 8.29. The number of rotatable bonds is 3. The summed E-state index contributed by atoms with van der Waals surface area (Å²) in [6, 6.07) is 9.90. The van der Waals surface area contributed by atoms with E-state index < -0.39 is 0 Å². The van der Waals surface area contributed by atoms with Crippen molar-refractivity contribution in [2.24, 2.45) is 0 Å². The predicted octanol–water partition coefficient (Wildman–Crippen LogP) is 5.52. The zero-order chi connectivity index (χ0) is 18.4. The van der Waals surface area contributed by atoms with Crippen LogP contribution in [0.25, 0.3) is 21.9 Å². The van der Waals surface area contributed by atoms with Gasteiger partial charge in [-0.05, 0) is 65.8 Å². The minimum atomic E-state index is 0.253. The van der Waals surface area contributed by atoms with Crippen molar-refractivity contribution in [3.05, 3.63) is 46.5 Å². The van der Waals surface area contributed by atoms with Crippen LogP contribution in [0.4, 0.5) is 0 Å². The third-order valence-electron chi connectivity index (χ3n) is 4.96. The molecule has 1 aliphatic heterocycles. The summed E-state index contributed by atoms with van der Waals surface area (Å²) in [4.78, 5) is 0. The van der Waals surface area contributed by atoms with Gasteiger partial charge in [-0.1, -0.05) is 17.7 Å². The second-order valence-electron chi connectivity index (χ2n) is 6.26. The smallest absolute Gasteiger partial charge is 0.231 e.